The highest BCUT2D eigenvalue weighted by molar-refractivity contribution is 6.55. The molecule has 2 aromatic rings. The second-order valence-corrected chi connectivity index (χ2v) is 8.10. The maximum Gasteiger partial charge on any atom is 0.182 e. The number of oxime groups is 1. The van der Waals surface area contributed by atoms with Crippen molar-refractivity contribution in [3.05, 3.63) is 62.6 Å². The lowest BCUT2D eigenvalue weighted by Gasteiger charge is -2.12. The lowest BCUT2D eigenvalue weighted by Crippen LogP contribution is -2.12. The van der Waals surface area contributed by atoms with E-state index in [1.54, 1.807) is 36.4 Å². The van der Waals surface area contributed by atoms with Gasteiger partial charge < -0.3 is 19.0 Å². The van der Waals surface area contributed by atoms with Gasteiger partial charge in [0.2, 0.25) is 0 Å². The Morgan fingerprint density at radius 2 is 1.59 bits per heavy atom. The Bertz CT molecular complexity index is 950. The van der Waals surface area contributed by atoms with E-state index in [1.165, 1.54) is 20.1 Å². The highest BCUT2D eigenvalue weighted by Gasteiger charge is 2.12. The number of hydrogen-bond acceptors (Lipinski definition) is 6. The molecule has 32 heavy (non-hydrogen) atoms. The molecule has 0 saturated carbocycles. The summed E-state index contributed by atoms with van der Waals surface area (Å²) >= 11 is 23.6. The first kappa shape index (κ1) is 26.1. The average molecular weight is 521 g/mol. The summed E-state index contributed by atoms with van der Waals surface area (Å²) in [6.45, 7) is 2.36. The van der Waals surface area contributed by atoms with Gasteiger partial charge in [-0.15, -0.1) is 0 Å². The number of rotatable bonds is 12. The third-order valence-corrected chi connectivity index (χ3v) is 4.78. The molecule has 10 heteroatoms. The molecule has 0 spiro atoms. The number of Topliss-reactive ketones (excluding diaryl/α,β-unsaturated/α-hetero) is 1. The van der Waals surface area contributed by atoms with Gasteiger partial charge in [0.05, 0.1) is 23.3 Å². The van der Waals surface area contributed by atoms with Crippen LogP contribution in [0.15, 0.2) is 52.1 Å². The van der Waals surface area contributed by atoms with Crippen LogP contribution < -0.4 is 14.2 Å². The van der Waals surface area contributed by atoms with Gasteiger partial charge >= 0.3 is 0 Å². The van der Waals surface area contributed by atoms with Crippen LogP contribution in [0.4, 0.5) is 0 Å². The van der Waals surface area contributed by atoms with Gasteiger partial charge in [-0.1, -0.05) is 51.6 Å². The average Bonchev–Trinajstić information content (AvgIpc) is 2.73. The van der Waals surface area contributed by atoms with Crippen molar-refractivity contribution in [3.63, 3.8) is 0 Å². The van der Waals surface area contributed by atoms with Crippen molar-refractivity contribution in [3.8, 4) is 17.2 Å². The molecule has 0 aliphatic carbocycles. The van der Waals surface area contributed by atoms with Crippen LogP contribution in [-0.2, 0) is 9.63 Å². The molecule has 0 fully saturated rings. The number of carbonyl (C=O) groups excluding carboxylic acids is 1. The van der Waals surface area contributed by atoms with E-state index >= 15 is 0 Å². The lowest BCUT2D eigenvalue weighted by atomic mass is 10.1. The minimum Gasteiger partial charge on any atom is -0.493 e. The van der Waals surface area contributed by atoms with E-state index in [2.05, 4.69) is 5.16 Å². The number of carbonyl (C=O) groups is 1. The maximum absolute atomic E-state index is 11.6. The van der Waals surface area contributed by atoms with Crippen molar-refractivity contribution >= 4 is 57.9 Å². The lowest BCUT2D eigenvalue weighted by molar-refractivity contribution is -0.111. The molecular formula is C22H21Cl4NO5. The van der Waals surface area contributed by atoms with Gasteiger partial charge in [0.1, 0.15) is 29.7 Å². The quantitative estimate of drug-likeness (QED) is 0.182. The van der Waals surface area contributed by atoms with E-state index in [9.17, 15) is 4.79 Å². The summed E-state index contributed by atoms with van der Waals surface area (Å²) in [5.74, 6) is 1.29. The van der Waals surface area contributed by atoms with E-state index in [0.29, 0.717) is 52.5 Å². The summed E-state index contributed by atoms with van der Waals surface area (Å²) < 4.78 is 16.9. The summed E-state index contributed by atoms with van der Waals surface area (Å²) in [7, 11) is 1.39. The van der Waals surface area contributed by atoms with Gasteiger partial charge in [-0.25, -0.2) is 0 Å². The zero-order valence-corrected chi connectivity index (χ0v) is 20.4. The molecule has 0 radical (unpaired) electrons. The number of nitrogens with zero attached hydrogens (tertiary/aromatic N) is 1. The molecule has 2 aromatic carbocycles. The van der Waals surface area contributed by atoms with E-state index in [0.717, 1.165) is 0 Å². The summed E-state index contributed by atoms with van der Waals surface area (Å²) in [6.07, 6.45) is 2.09. The Hall–Kier alpha value is -2.12. The first-order valence-corrected chi connectivity index (χ1v) is 10.9. The molecule has 0 amide bonds. The van der Waals surface area contributed by atoms with Crippen LogP contribution in [-0.4, -0.2) is 38.4 Å². The maximum atomic E-state index is 11.6. The van der Waals surface area contributed by atoms with Crippen molar-refractivity contribution in [2.75, 3.05) is 26.9 Å². The molecule has 0 aromatic heterocycles. The summed E-state index contributed by atoms with van der Waals surface area (Å²) in [5, 5.41) is 4.39. The highest BCUT2D eigenvalue weighted by atomic mass is 35.5. The predicted molar refractivity (Wildman–Crippen MR) is 128 cm³/mol. The summed E-state index contributed by atoms with van der Waals surface area (Å²) in [5.41, 5.74) is 0.894. The third kappa shape index (κ3) is 8.43. The zero-order valence-electron chi connectivity index (χ0n) is 17.4. The summed E-state index contributed by atoms with van der Waals surface area (Å²) in [6, 6.07) is 10.2. The van der Waals surface area contributed by atoms with Crippen LogP contribution in [0.5, 0.6) is 17.2 Å². The van der Waals surface area contributed by atoms with E-state index in [4.69, 9.17) is 65.5 Å². The van der Waals surface area contributed by atoms with Crippen LogP contribution in [0, 0.1) is 0 Å². The van der Waals surface area contributed by atoms with Crippen LogP contribution in [0.3, 0.4) is 0 Å². The number of ketones is 1. The minimum absolute atomic E-state index is 0.112. The van der Waals surface area contributed by atoms with Gasteiger partial charge in [-0.2, -0.15) is 0 Å². The highest BCUT2D eigenvalue weighted by Crippen LogP contribution is 2.37. The molecule has 0 saturated heterocycles. The van der Waals surface area contributed by atoms with Crippen molar-refractivity contribution in [1.82, 2.24) is 0 Å². The normalized spacial score (nSPS) is 11.0. The van der Waals surface area contributed by atoms with E-state index < -0.39 is 0 Å². The SMILES string of the molecule is CO/N=C(\C(C)=O)c1ccc(OCCCOc2c(Cl)cc(OCC=C(Cl)Cl)cc2Cl)cc1. The van der Waals surface area contributed by atoms with Crippen LogP contribution in [0.2, 0.25) is 10.0 Å². The molecular weight excluding hydrogens is 500 g/mol. The zero-order chi connectivity index (χ0) is 23.5. The number of benzene rings is 2. The summed E-state index contributed by atoms with van der Waals surface area (Å²) in [4.78, 5) is 16.3. The fourth-order valence-electron chi connectivity index (χ4n) is 2.50. The topological polar surface area (TPSA) is 66.4 Å². The number of ether oxygens (including phenoxy) is 3. The van der Waals surface area contributed by atoms with Gasteiger partial charge in [0.25, 0.3) is 0 Å². The monoisotopic (exact) mass is 519 g/mol. The fraction of sp³-hybridized carbons (Fsp3) is 0.273. The fourth-order valence-corrected chi connectivity index (χ4v) is 3.20. The molecule has 0 atom stereocenters. The molecule has 0 aliphatic heterocycles. The Balaban J connectivity index is 1.82. The third-order valence-electron chi connectivity index (χ3n) is 3.91. The first-order valence-electron chi connectivity index (χ1n) is 9.43. The van der Waals surface area contributed by atoms with E-state index in [1.807, 2.05) is 0 Å². The Morgan fingerprint density at radius 3 is 2.16 bits per heavy atom. The Kier molecular flexibility index (Phi) is 11.0. The molecule has 0 heterocycles. The van der Waals surface area contributed by atoms with Crippen LogP contribution in [0.25, 0.3) is 0 Å². The van der Waals surface area contributed by atoms with Gasteiger partial charge in [-0.05, 0) is 30.3 Å². The van der Waals surface area contributed by atoms with Gasteiger partial charge in [-0.3, -0.25) is 4.79 Å². The molecule has 2 rings (SSSR count). The molecule has 0 N–H and O–H groups in total. The predicted octanol–water partition coefficient (Wildman–Crippen LogP) is 6.48. The van der Waals surface area contributed by atoms with Gasteiger partial charge in [0.15, 0.2) is 17.2 Å². The van der Waals surface area contributed by atoms with Crippen molar-refractivity contribution in [2.45, 2.75) is 13.3 Å². The molecule has 0 aliphatic rings. The van der Waals surface area contributed by atoms with Crippen molar-refractivity contribution in [1.29, 1.82) is 0 Å². The molecule has 6 nitrogen and oxygen atoms in total. The largest absolute Gasteiger partial charge is 0.493 e. The number of hydrogen-bond donors (Lipinski definition) is 0. The Morgan fingerprint density at radius 1 is 0.969 bits per heavy atom. The second kappa shape index (κ2) is 13.4. The van der Waals surface area contributed by atoms with Crippen molar-refractivity contribution < 1.29 is 23.8 Å². The standard InChI is InChI=1S/C22H21Cl4NO5/c1-14(28)21(27-29-2)15-4-6-16(7-5-15)30-9-3-10-32-22-18(23)12-17(13-19(22)24)31-11-8-20(25)26/h4-8,12-13H,3,9-11H2,1-2H3/b27-21+. The number of halogens is 4. The molecule has 0 bridgehead atoms. The molecule has 0 unspecified atom stereocenters. The second-order valence-electron chi connectivity index (χ2n) is 6.27. The van der Waals surface area contributed by atoms with E-state index in [-0.39, 0.29) is 22.6 Å². The minimum atomic E-state index is -0.189. The van der Waals surface area contributed by atoms with Crippen LogP contribution in [0.1, 0.15) is 18.9 Å². The van der Waals surface area contributed by atoms with Gasteiger partial charge in [0, 0.05) is 31.0 Å². The van der Waals surface area contributed by atoms with Crippen LogP contribution >= 0.6 is 46.4 Å². The smallest absolute Gasteiger partial charge is 0.182 e. The first-order chi connectivity index (χ1) is 15.3. The molecule has 172 valence electrons. The van der Waals surface area contributed by atoms with Crippen molar-refractivity contribution in [2.24, 2.45) is 5.16 Å². The Labute approximate surface area is 206 Å².